The summed E-state index contributed by atoms with van der Waals surface area (Å²) >= 11 is 0. The predicted octanol–water partition coefficient (Wildman–Crippen LogP) is 1.92. The number of hydrogen-bond donors (Lipinski definition) is 1. The molecule has 2 aliphatic rings. The van der Waals surface area contributed by atoms with Gasteiger partial charge in [0.15, 0.2) is 0 Å². The maximum Gasteiger partial charge on any atom is 0.327 e. The number of urea groups is 1. The van der Waals surface area contributed by atoms with Crippen molar-refractivity contribution in [1.29, 1.82) is 0 Å². The lowest BCUT2D eigenvalue weighted by atomic mass is 9.85. The first-order valence-corrected chi connectivity index (χ1v) is 8.94. The highest BCUT2D eigenvalue weighted by Gasteiger charge is 2.57. The number of carbonyl (C=O) groups is 3. The van der Waals surface area contributed by atoms with Gasteiger partial charge in [-0.15, -0.1) is 0 Å². The summed E-state index contributed by atoms with van der Waals surface area (Å²) in [5, 5.41) is 9.36. The largest absolute Gasteiger partial charge is 0.508 e. The van der Waals surface area contributed by atoms with Crippen LogP contribution in [0.3, 0.4) is 0 Å². The summed E-state index contributed by atoms with van der Waals surface area (Å²) in [4.78, 5) is 42.6. The Labute approximate surface area is 153 Å². The highest BCUT2D eigenvalue weighted by molar-refractivity contribution is 6.07. The fraction of sp³-hybridized carbons (Fsp3) is 0.526. The van der Waals surface area contributed by atoms with E-state index in [0.29, 0.717) is 38.0 Å². The van der Waals surface area contributed by atoms with E-state index in [1.54, 1.807) is 21.9 Å². The number of likely N-dealkylation sites (N-methyl/N-ethyl adjacent to an activating group) is 1. The SMILES string of the molecule is CC(C)CN1C(=O)N(C)C(=O)C12CCN(C(=O)c1ccc(O)cc1)CC2. The van der Waals surface area contributed by atoms with Crippen molar-refractivity contribution in [3.05, 3.63) is 29.8 Å². The molecule has 0 bridgehead atoms. The van der Waals surface area contributed by atoms with Gasteiger partial charge in [-0.3, -0.25) is 14.5 Å². The number of piperidine rings is 1. The number of likely N-dealkylation sites (tertiary alicyclic amines) is 1. The summed E-state index contributed by atoms with van der Waals surface area (Å²) in [5.74, 6) is 0.0774. The Kier molecular flexibility index (Phi) is 4.64. The first-order chi connectivity index (χ1) is 12.3. The molecule has 2 aliphatic heterocycles. The molecule has 7 nitrogen and oxygen atoms in total. The second kappa shape index (κ2) is 6.63. The van der Waals surface area contributed by atoms with Crippen LogP contribution in [0.2, 0.25) is 0 Å². The van der Waals surface area contributed by atoms with E-state index in [-0.39, 0.29) is 29.5 Å². The minimum atomic E-state index is -0.832. The van der Waals surface area contributed by atoms with Crippen molar-refractivity contribution in [2.45, 2.75) is 32.2 Å². The molecule has 4 amide bonds. The van der Waals surface area contributed by atoms with E-state index in [1.807, 2.05) is 13.8 Å². The second-order valence-corrected chi connectivity index (χ2v) is 7.52. The summed E-state index contributed by atoms with van der Waals surface area (Å²) in [7, 11) is 1.53. The van der Waals surface area contributed by atoms with Crippen LogP contribution in [-0.2, 0) is 4.79 Å². The third-order valence-electron chi connectivity index (χ3n) is 5.28. The van der Waals surface area contributed by atoms with E-state index in [9.17, 15) is 19.5 Å². The van der Waals surface area contributed by atoms with Gasteiger partial charge in [0, 0.05) is 32.2 Å². The molecule has 0 radical (unpaired) electrons. The van der Waals surface area contributed by atoms with Crippen LogP contribution in [0.4, 0.5) is 4.79 Å². The zero-order valence-corrected chi connectivity index (χ0v) is 15.4. The molecule has 0 aromatic heterocycles. The maximum atomic E-state index is 12.8. The number of aromatic hydroxyl groups is 1. The fourth-order valence-corrected chi connectivity index (χ4v) is 3.85. The molecule has 2 saturated heterocycles. The van der Waals surface area contributed by atoms with Gasteiger partial charge >= 0.3 is 6.03 Å². The van der Waals surface area contributed by atoms with Crippen molar-refractivity contribution < 1.29 is 19.5 Å². The Morgan fingerprint density at radius 3 is 2.27 bits per heavy atom. The Morgan fingerprint density at radius 2 is 1.73 bits per heavy atom. The average molecular weight is 359 g/mol. The lowest BCUT2D eigenvalue weighted by Crippen LogP contribution is -2.58. The Hall–Kier alpha value is -2.57. The summed E-state index contributed by atoms with van der Waals surface area (Å²) in [6.45, 7) is 5.41. The number of benzene rings is 1. The van der Waals surface area contributed by atoms with Gasteiger partial charge in [-0.1, -0.05) is 13.8 Å². The van der Waals surface area contributed by atoms with Crippen LogP contribution in [0, 0.1) is 5.92 Å². The number of phenolic OH excluding ortho intramolecular Hbond substituents is 1. The number of imide groups is 1. The van der Waals surface area contributed by atoms with Crippen molar-refractivity contribution >= 4 is 17.8 Å². The monoisotopic (exact) mass is 359 g/mol. The molecule has 0 aliphatic carbocycles. The van der Waals surface area contributed by atoms with Gasteiger partial charge in [-0.05, 0) is 43.0 Å². The summed E-state index contributed by atoms with van der Waals surface area (Å²) < 4.78 is 0. The van der Waals surface area contributed by atoms with E-state index in [1.165, 1.54) is 24.1 Å². The molecular formula is C19H25N3O4. The van der Waals surface area contributed by atoms with Crippen molar-refractivity contribution in [1.82, 2.24) is 14.7 Å². The van der Waals surface area contributed by atoms with E-state index in [4.69, 9.17) is 0 Å². The first kappa shape index (κ1) is 18.2. The van der Waals surface area contributed by atoms with Crippen LogP contribution in [0.5, 0.6) is 5.75 Å². The molecule has 0 saturated carbocycles. The van der Waals surface area contributed by atoms with Crippen molar-refractivity contribution in [3.8, 4) is 5.75 Å². The van der Waals surface area contributed by atoms with Gasteiger partial charge in [-0.25, -0.2) is 4.79 Å². The van der Waals surface area contributed by atoms with Crippen LogP contribution in [0.1, 0.15) is 37.0 Å². The van der Waals surface area contributed by atoms with Crippen LogP contribution in [0.25, 0.3) is 0 Å². The third kappa shape index (κ3) is 2.91. The lowest BCUT2D eigenvalue weighted by Gasteiger charge is -2.42. The van der Waals surface area contributed by atoms with E-state index >= 15 is 0 Å². The van der Waals surface area contributed by atoms with Gasteiger partial charge in [-0.2, -0.15) is 0 Å². The molecule has 1 aromatic rings. The highest BCUT2D eigenvalue weighted by Crippen LogP contribution is 2.37. The molecule has 2 fully saturated rings. The van der Waals surface area contributed by atoms with Crippen LogP contribution in [0.15, 0.2) is 24.3 Å². The molecule has 1 N–H and O–H groups in total. The third-order valence-corrected chi connectivity index (χ3v) is 5.28. The Balaban J connectivity index is 1.77. The quantitative estimate of drug-likeness (QED) is 0.836. The molecule has 3 rings (SSSR count). The van der Waals surface area contributed by atoms with Crippen LogP contribution in [-0.4, -0.2) is 69.9 Å². The number of hydrogen-bond acceptors (Lipinski definition) is 4. The molecule has 0 atom stereocenters. The molecule has 7 heteroatoms. The normalized spacial score (nSPS) is 19.8. The standard InChI is InChI=1S/C19H25N3O4/c1-13(2)12-22-18(26)20(3)17(25)19(22)8-10-21(11-9-19)16(24)14-4-6-15(23)7-5-14/h4-7,13,23H,8-12H2,1-3H3. The predicted molar refractivity (Wildman–Crippen MR) is 95.7 cm³/mol. The molecule has 0 unspecified atom stereocenters. The highest BCUT2D eigenvalue weighted by atomic mass is 16.3. The van der Waals surface area contributed by atoms with Gasteiger partial charge in [0.2, 0.25) is 0 Å². The van der Waals surface area contributed by atoms with E-state index in [2.05, 4.69) is 0 Å². The number of amides is 4. The van der Waals surface area contributed by atoms with Gasteiger partial charge in [0.05, 0.1) is 0 Å². The van der Waals surface area contributed by atoms with Gasteiger partial charge < -0.3 is 14.9 Å². The summed E-state index contributed by atoms with van der Waals surface area (Å²) in [6, 6.07) is 5.90. The zero-order chi connectivity index (χ0) is 19.1. The molecular weight excluding hydrogens is 334 g/mol. The van der Waals surface area contributed by atoms with Crippen molar-refractivity contribution in [2.24, 2.45) is 5.92 Å². The van der Waals surface area contributed by atoms with Gasteiger partial charge in [0.1, 0.15) is 11.3 Å². The van der Waals surface area contributed by atoms with Gasteiger partial charge in [0.25, 0.3) is 11.8 Å². The number of nitrogens with zero attached hydrogens (tertiary/aromatic N) is 3. The van der Waals surface area contributed by atoms with Crippen LogP contribution < -0.4 is 0 Å². The molecule has 2 heterocycles. The average Bonchev–Trinajstić information content (AvgIpc) is 2.78. The van der Waals surface area contributed by atoms with E-state index in [0.717, 1.165) is 0 Å². The minimum Gasteiger partial charge on any atom is -0.508 e. The van der Waals surface area contributed by atoms with E-state index < -0.39 is 5.54 Å². The molecule has 1 spiro atoms. The van der Waals surface area contributed by atoms with Crippen LogP contribution >= 0.6 is 0 Å². The van der Waals surface area contributed by atoms with Crippen molar-refractivity contribution in [2.75, 3.05) is 26.7 Å². The van der Waals surface area contributed by atoms with Crippen molar-refractivity contribution in [3.63, 3.8) is 0 Å². The molecule has 26 heavy (non-hydrogen) atoms. The fourth-order valence-electron chi connectivity index (χ4n) is 3.85. The maximum absolute atomic E-state index is 12.8. The summed E-state index contributed by atoms with van der Waals surface area (Å²) in [5.41, 5.74) is -0.328. The summed E-state index contributed by atoms with van der Waals surface area (Å²) in [6.07, 6.45) is 0.886. The second-order valence-electron chi connectivity index (χ2n) is 7.52. The molecule has 140 valence electrons. The zero-order valence-electron chi connectivity index (χ0n) is 15.4. The molecule has 1 aromatic carbocycles. The lowest BCUT2D eigenvalue weighted by molar-refractivity contribution is -0.134. The topological polar surface area (TPSA) is 81.2 Å². The Bertz CT molecular complexity index is 721. The number of rotatable bonds is 3. The smallest absolute Gasteiger partial charge is 0.327 e. The number of carbonyl (C=O) groups excluding carboxylic acids is 3. The Morgan fingerprint density at radius 1 is 1.15 bits per heavy atom. The number of phenols is 1. The minimum absolute atomic E-state index is 0.113. The first-order valence-electron chi connectivity index (χ1n) is 8.94.